The molecule has 3 rings (SSSR count). The Kier molecular flexibility index (Phi) is 4.10. The second-order valence-electron chi connectivity index (χ2n) is 6.11. The molecule has 0 N–H and O–H groups in total. The maximum absolute atomic E-state index is 5.32. The summed E-state index contributed by atoms with van der Waals surface area (Å²) in [5, 5.41) is 4.14. The molecule has 5 nitrogen and oxygen atoms in total. The topological polar surface area (TPSA) is 47.1 Å². The van der Waals surface area contributed by atoms with E-state index in [0.717, 1.165) is 43.9 Å². The van der Waals surface area contributed by atoms with Gasteiger partial charge >= 0.3 is 0 Å². The lowest BCUT2D eigenvalue weighted by Crippen LogP contribution is -2.31. The molecule has 1 aliphatic heterocycles. The van der Waals surface area contributed by atoms with Crippen molar-refractivity contribution in [1.82, 2.24) is 19.6 Å². The molecule has 0 radical (unpaired) electrons. The summed E-state index contributed by atoms with van der Waals surface area (Å²) in [6.07, 6.45) is 7.27. The lowest BCUT2D eigenvalue weighted by molar-refractivity contribution is 0.228. The Bertz CT molecular complexity index is 601. The van der Waals surface area contributed by atoms with Crippen LogP contribution in [0.2, 0.25) is 0 Å². The van der Waals surface area contributed by atoms with Crippen molar-refractivity contribution in [3.8, 4) is 0 Å². The van der Waals surface area contributed by atoms with Crippen LogP contribution in [0.3, 0.4) is 0 Å². The lowest BCUT2D eigenvalue weighted by atomic mass is 9.98. The van der Waals surface area contributed by atoms with Gasteiger partial charge in [0.25, 0.3) is 0 Å². The van der Waals surface area contributed by atoms with Crippen LogP contribution in [0.4, 0.5) is 0 Å². The Balaban J connectivity index is 1.60. The van der Waals surface area contributed by atoms with Gasteiger partial charge in [0.05, 0.1) is 5.69 Å². The number of hydrogen-bond donors (Lipinski definition) is 0. The quantitative estimate of drug-likeness (QED) is 0.848. The molecule has 5 heteroatoms. The van der Waals surface area contributed by atoms with Gasteiger partial charge in [0.2, 0.25) is 0 Å². The van der Waals surface area contributed by atoms with Crippen molar-refractivity contribution < 1.29 is 4.52 Å². The van der Waals surface area contributed by atoms with Crippen molar-refractivity contribution >= 4 is 0 Å². The molecule has 2 aromatic heterocycles. The van der Waals surface area contributed by atoms with Crippen molar-refractivity contribution in [2.24, 2.45) is 5.92 Å². The van der Waals surface area contributed by atoms with Crippen LogP contribution in [0.5, 0.6) is 0 Å². The number of aromatic nitrogens is 3. The number of imidazole rings is 1. The number of fused-ring (bicyclic) bond motifs is 1. The molecule has 2 aromatic rings. The molecule has 0 spiro atoms. The summed E-state index contributed by atoms with van der Waals surface area (Å²) in [7, 11) is 2.19. The molecule has 0 saturated heterocycles. The van der Waals surface area contributed by atoms with Crippen LogP contribution in [0.25, 0.3) is 0 Å². The zero-order chi connectivity index (χ0) is 14.8. The van der Waals surface area contributed by atoms with E-state index < -0.39 is 0 Å². The van der Waals surface area contributed by atoms with Crippen molar-refractivity contribution in [2.45, 2.75) is 46.2 Å². The summed E-state index contributed by atoms with van der Waals surface area (Å²) < 4.78 is 7.62. The molecule has 3 heterocycles. The summed E-state index contributed by atoms with van der Waals surface area (Å²) in [6, 6.07) is 0. The Morgan fingerprint density at radius 1 is 1.48 bits per heavy atom. The minimum atomic E-state index is 0.696. The zero-order valence-electron chi connectivity index (χ0n) is 13.2. The van der Waals surface area contributed by atoms with E-state index in [1.165, 1.54) is 17.8 Å². The smallest absolute Gasteiger partial charge is 0.138 e. The second kappa shape index (κ2) is 6.02. The van der Waals surface area contributed by atoms with Crippen LogP contribution in [-0.2, 0) is 25.9 Å². The first-order chi connectivity index (χ1) is 10.2. The van der Waals surface area contributed by atoms with Gasteiger partial charge in [-0.3, -0.25) is 0 Å². The third-order valence-electron chi connectivity index (χ3n) is 4.43. The van der Waals surface area contributed by atoms with Gasteiger partial charge in [0.15, 0.2) is 0 Å². The average Bonchev–Trinajstić information content (AvgIpc) is 3.06. The Morgan fingerprint density at radius 3 is 3.14 bits per heavy atom. The van der Waals surface area contributed by atoms with Gasteiger partial charge in [-0.05, 0) is 32.7 Å². The first-order valence-electron chi connectivity index (χ1n) is 7.80. The minimum Gasteiger partial charge on any atom is -0.361 e. The molecular weight excluding hydrogens is 264 g/mol. The summed E-state index contributed by atoms with van der Waals surface area (Å²) in [6.45, 7) is 7.25. The molecule has 0 aromatic carbocycles. The van der Waals surface area contributed by atoms with E-state index in [0.29, 0.717) is 5.92 Å². The number of rotatable bonds is 5. The summed E-state index contributed by atoms with van der Waals surface area (Å²) in [5.41, 5.74) is 2.36. The molecule has 1 atom stereocenters. The van der Waals surface area contributed by atoms with Crippen molar-refractivity contribution in [3.63, 3.8) is 0 Å². The molecule has 0 bridgehead atoms. The van der Waals surface area contributed by atoms with E-state index in [1.54, 1.807) is 0 Å². The molecule has 1 unspecified atom stereocenters. The first kappa shape index (κ1) is 14.3. The third kappa shape index (κ3) is 3.02. The van der Waals surface area contributed by atoms with Gasteiger partial charge in [-0.1, -0.05) is 12.1 Å². The molecule has 0 aliphatic carbocycles. The van der Waals surface area contributed by atoms with Crippen molar-refractivity contribution in [2.75, 3.05) is 13.6 Å². The average molecular weight is 288 g/mol. The third-order valence-corrected chi connectivity index (χ3v) is 4.43. The minimum absolute atomic E-state index is 0.696. The molecule has 0 fully saturated rings. The second-order valence-corrected chi connectivity index (χ2v) is 6.11. The highest BCUT2D eigenvalue weighted by atomic mass is 16.5. The van der Waals surface area contributed by atoms with E-state index in [9.17, 15) is 0 Å². The Labute approximate surface area is 125 Å². The highest BCUT2D eigenvalue weighted by molar-refractivity contribution is 5.21. The SMILES string of the molecule is CCc1noc(C)c1CN(C)CC1CCc2nccn2C1. The van der Waals surface area contributed by atoms with Crippen LogP contribution in [0.1, 0.15) is 36.2 Å². The van der Waals surface area contributed by atoms with Crippen molar-refractivity contribution in [1.29, 1.82) is 0 Å². The number of aryl methyl sites for hydroxylation is 3. The molecule has 0 saturated carbocycles. The van der Waals surface area contributed by atoms with E-state index in [4.69, 9.17) is 4.52 Å². The fourth-order valence-electron chi connectivity index (χ4n) is 3.28. The number of nitrogens with zero attached hydrogens (tertiary/aromatic N) is 4. The van der Waals surface area contributed by atoms with E-state index >= 15 is 0 Å². The van der Waals surface area contributed by atoms with Crippen LogP contribution < -0.4 is 0 Å². The fraction of sp³-hybridized carbons (Fsp3) is 0.625. The normalized spacial score (nSPS) is 18.2. The van der Waals surface area contributed by atoms with Crippen LogP contribution >= 0.6 is 0 Å². The van der Waals surface area contributed by atoms with Gasteiger partial charge in [-0.25, -0.2) is 4.98 Å². The molecule has 1 aliphatic rings. The standard InChI is InChI=1S/C16H24N4O/c1-4-15-14(12(2)21-18-15)11-19(3)9-13-5-6-16-17-7-8-20(16)10-13/h7-8,13H,4-6,9-11H2,1-3H3. The molecular formula is C16H24N4O. The Hall–Kier alpha value is -1.62. The van der Waals surface area contributed by atoms with Gasteiger partial charge < -0.3 is 14.0 Å². The first-order valence-corrected chi connectivity index (χ1v) is 7.80. The monoisotopic (exact) mass is 288 g/mol. The zero-order valence-corrected chi connectivity index (χ0v) is 13.2. The number of hydrogen-bond acceptors (Lipinski definition) is 4. The van der Waals surface area contributed by atoms with Gasteiger partial charge in [-0.15, -0.1) is 0 Å². The van der Waals surface area contributed by atoms with Gasteiger partial charge in [-0.2, -0.15) is 0 Å². The van der Waals surface area contributed by atoms with Crippen molar-refractivity contribution in [3.05, 3.63) is 35.2 Å². The predicted octanol–water partition coefficient (Wildman–Crippen LogP) is 2.44. The van der Waals surface area contributed by atoms with Crippen LogP contribution in [-0.4, -0.2) is 33.2 Å². The maximum Gasteiger partial charge on any atom is 0.138 e. The fourth-order valence-corrected chi connectivity index (χ4v) is 3.28. The van der Waals surface area contributed by atoms with Gasteiger partial charge in [0, 0.05) is 44.0 Å². The highest BCUT2D eigenvalue weighted by Crippen LogP contribution is 2.21. The van der Waals surface area contributed by atoms with Crippen LogP contribution in [0, 0.1) is 12.8 Å². The van der Waals surface area contributed by atoms with E-state index in [1.807, 2.05) is 13.1 Å². The summed E-state index contributed by atoms with van der Waals surface area (Å²) in [4.78, 5) is 6.79. The maximum atomic E-state index is 5.32. The highest BCUT2D eigenvalue weighted by Gasteiger charge is 2.21. The van der Waals surface area contributed by atoms with E-state index in [-0.39, 0.29) is 0 Å². The van der Waals surface area contributed by atoms with Gasteiger partial charge in [0.1, 0.15) is 11.6 Å². The van der Waals surface area contributed by atoms with Crippen LogP contribution in [0.15, 0.2) is 16.9 Å². The molecule has 0 amide bonds. The largest absolute Gasteiger partial charge is 0.361 e. The molecule has 21 heavy (non-hydrogen) atoms. The summed E-state index contributed by atoms with van der Waals surface area (Å²) in [5.74, 6) is 2.89. The summed E-state index contributed by atoms with van der Waals surface area (Å²) >= 11 is 0. The lowest BCUT2D eigenvalue weighted by Gasteiger charge is -2.28. The Morgan fingerprint density at radius 2 is 2.33 bits per heavy atom. The predicted molar refractivity (Wildman–Crippen MR) is 81.0 cm³/mol. The molecule has 114 valence electrons. The van der Waals surface area contributed by atoms with E-state index in [2.05, 4.69) is 39.8 Å².